The first-order valence-electron chi connectivity index (χ1n) is 8.23. The summed E-state index contributed by atoms with van der Waals surface area (Å²) in [6.45, 7) is -0.0162. The Labute approximate surface area is 148 Å². The van der Waals surface area contributed by atoms with Crippen molar-refractivity contribution in [3.8, 4) is 0 Å². The molecule has 3 heterocycles. The van der Waals surface area contributed by atoms with Gasteiger partial charge >= 0.3 is 0 Å². The first-order chi connectivity index (χ1) is 12.2. The van der Waals surface area contributed by atoms with E-state index >= 15 is 0 Å². The van der Waals surface area contributed by atoms with Crippen LogP contribution in [0.1, 0.15) is 46.0 Å². The van der Waals surface area contributed by atoms with E-state index in [9.17, 15) is 9.90 Å². The van der Waals surface area contributed by atoms with Gasteiger partial charge in [-0.3, -0.25) is 4.79 Å². The second-order valence-electron chi connectivity index (χ2n) is 6.17. The third-order valence-corrected chi connectivity index (χ3v) is 5.28. The number of furan rings is 1. The minimum Gasteiger partial charge on any atom is -0.466 e. The Kier molecular flexibility index (Phi) is 4.19. The van der Waals surface area contributed by atoms with Crippen LogP contribution in [-0.4, -0.2) is 22.7 Å². The van der Waals surface area contributed by atoms with Crippen molar-refractivity contribution in [3.63, 3.8) is 0 Å². The molecule has 0 aliphatic heterocycles. The maximum Gasteiger partial charge on any atom is 0.273 e. The van der Waals surface area contributed by atoms with Gasteiger partial charge in [0.05, 0.1) is 12.8 Å². The molecule has 130 valence electrons. The fourth-order valence-corrected chi connectivity index (χ4v) is 3.92. The second-order valence-corrected chi connectivity index (χ2v) is 6.95. The largest absolute Gasteiger partial charge is 0.466 e. The Hall–Kier alpha value is -2.38. The third kappa shape index (κ3) is 2.89. The molecular weight excluding hydrogens is 340 g/mol. The van der Waals surface area contributed by atoms with Gasteiger partial charge in [-0.1, -0.05) is 5.16 Å². The maximum atomic E-state index is 12.6. The molecule has 0 fully saturated rings. The quantitative estimate of drug-likeness (QED) is 0.732. The van der Waals surface area contributed by atoms with Gasteiger partial charge in [0, 0.05) is 17.5 Å². The maximum absolute atomic E-state index is 12.6. The number of aromatic nitrogens is 1. The average Bonchev–Trinajstić information content (AvgIpc) is 3.40. The summed E-state index contributed by atoms with van der Waals surface area (Å²) in [5.74, 6) is 0.844. The zero-order valence-electron chi connectivity index (χ0n) is 13.5. The predicted octanol–water partition coefficient (Wildman–Crippen LogP) is 2.87. The lowest BCUT2D eigenvalue weighted by Gasteiger charge is -2.25. The molecule has 25 heavy (non-hydrogen) atoms. The Morgan fingerprint density at radius 2 is 2.24 bits per heavy atom. The minimum atomic E-state index is -1.43. The first kappa shape index (κ1) is 16.1. The van der Waals surface area contributed by atoms with Crippen LogP contribution < -0.4 is 5.32 Å². The zero-order valence-corrected chi connectivity index (χ0v) is 14.3. The molecule has 1 amide bonds. The standard InChI is InChI=1S/C18H18N2O4S/c21-17(16-13-4-1-2-5-14(13)24-20-16)19-11-18(22,12-7-9-25-10-12)15-6-3-8-23-15/h3,6-10,22H,1-2,4-5,11H2,(H,19,21)/t18-/m1/s1. The fourth-order valence-electron chi connectivity index (χ4n) is 3.20. The molecule has 1 aliphatic carbocycles. The Balaban J connectivity index is 1.56. The molecule has 0 aromatic carbocycles. The van der Waals surface area contributed by atoms with Crippen LogP contribution in [0.3, 0.4) is 0 Å². The van der Waals surface area contributed by atoms with E-state index in [0.717, 1.165) is 37.0 Å². The van der Waals surface area contributed by atoms with Crippen LogP contribution in [0.15, 0.2) is 44.2 Å². The van der Waals surface area contributed by atoms with Gasteiger partial charge in [0.15, 0.2) is 11.3 Å². The van der Waals surface area contributed by atoms with Crippen LogP contribution in [0.4, 0.5) is 0 Å². The van der Waals surface area contributed by atoms with Crippen LogP contribution in [0.25, 0.3) is 0 Å². The number of amides is 1. The third-order valence-electron chi connectivity index (χ3n) is 4.60. The Bertz CT molecular complexity index is 818. The zero-order chi connectivity index (χ0) is 17.3. The van der Waals surface area contributed by atoms with Crippen molar-refractivity contribution in [1.82, 2.24) is 10.5 Å². The number of rotatable bonds is 5. The molecule has 6 nitrogen and oxygen atoms in total. The summed E-state index contributed by atoms with van der Waals surface area (Å²) in [7, 11) is 0. The van der Waals surface area contributed by atoms with Crippen LogP contribution >= 0.6 is 11.3 Å². The number of aliphatic hydroxyl groups is 1. The Morgan fingerprint density at radius 3 is 3.00 bits per heavy atom. The SMILES string of the molecule is O=C(NC[C@@](O)(c1ccsc1)c1ccco1)c1noc2c1CCCC2. The summed E-state index contributed by atoms with van der Waals surface area (Å²) < 4.78 is 10.7. The van der Waals surface area contributed by atoms with Gasteiger partial charge in [-0.2, -0.15) is 11.3 Å². The van der Waals surface area contributed by atoms with Crippen molar-refractivity contribution in [2.75, 3.05) is 6.54 Å². The lowest BCUT2D eigenvalue weighted by atomic mass is 9.93. The first-order valence-corrected chi connectivity index (χ1v) is 9.17. The number of thiophene rings is 1. The molecule has 0 radical (unpaired) electrons. The van der Waals surface area contributed by atoms with Crippen LogP contribution in [0.5, 0.6) is 0 Å². The number of hydrogen-bond acceptors (Lipinski definition) is 6. The van der Waals surface area contributed by atoms with Gasteiger partial charge in [0.25, 0.3) is 5.91 Å². The normalized spacial score (nSPS) is 16.2. The summed E-state index contributed by atoms with van der Waals surface area (Å²) in [5.41, 5.74) is 0.459. The fraction of sp³-hybridized carbons (Fsp3) is 0.333. The number of nitrogens with zero attached hydrogens (tertiary/aromatic N) is 1. The molecule has 1 atom stereocenters. The highest BCUT2D eigenvalue weighted by Gasteiger charge is 2.36. The van der Waals surface area contributed by atoms with Crippen molar-refractivity contribution < 1.29 is 18.8 Å². The summed E-state index contributed by atoms with van der Waals surface area (Å²) in [6.07, 6.45) is 5.21. The predicted molar refractivity (Wildman–Crippen MR) is 91.5 cm³/mol. The molecule has 3 aromatic rings. The monoisotopic (exact) mass is 358 g/mol. The van der Waals surface area contributed by atoms with E-state index in [0.29, 0.717) is 17.0 Å². The summed E-state index contributed by atoms with van der Waals surface area (Å²) >= 11 is 1.47. The van der Waals surface area contributed by atoms with E-state index in [1.807, 2.05) is 16.8 Å². The van der Waals surface area contributed by atoms with E-state index in [2.05, 4.69) is 10.5 Å². The molecule has 4 rings (SSSR count). The van der Waals surface area contributed by atoms with Gasteiger partial charge in [-0.25, -0.2) is 0 Å². The summed E-state index contributed by atoms with van der Waals surface area (Å²) in [5, 5.41) is 21.6. The lowest BCUT2D eigenvalue weighted by molar-refractivity contribution is 0.0526. The number of aryl methyl sites for hydroxylation is 1. The second kappa shape index (κ2) is 6.50. The number of carbonyl (C=O) groups excluding carboxylic acids is 1. The number of carbonyl (C=O) groups is 1. The molecule has 3 aromatic heterocycles. The van der Waals surface area contributed by atoms with Gasteiger partial charge in [0.1, 0.15) is 11.5 Å². The van der Waals surface area contributed by atoms with E-state index in [1.54, 1.807) is 12.1 Å². The molecule has 1 aliphatic rings. The van der Waals surface area contributed by atoms with E-state index in [1.165, 1.54) is 17.6 Å². The number of fused-ring (bicyclic) bond motifs is 1. The Morgan fingerprint density at radius 1 is 1.36 bits per heavy atom. The molecule has 0 unspecified atom stereocenters. The van der Waals surface area contributed by atoms with E-state index in [-0.39, 0.29) is 12.5 Å². The lowest BCUT2D eigenvalue weighted by Crippen LogP contribution is -2.41. The number of hydrogen-bond donors (Lipinski definition) is 2. The van der Waals surface area contributed by atoms with Crippen molar-refractivity contribution in [2.24, 2.45) is 0 Å². The average molecular weight is 358 g/mol. The molecule has 0 saturated heterocycles. The van der Waals surface area contributed by atoms with Crippen molar-refractivity contribution in [3.05, 3.63) is 63.6 Å². The molecule has 7 heteroatoms. The van der Waals surface area contributed by atoms with Crippen LogP contribution in [0.2, 0.25) is 0 Å². The minimum absolute atomic E-state index is 0.0162. The highest BCUT2D eigenvalue weighted by Crippen LogP contribution is 2.31. The van der Waals surface area contributed by atoms with Gasteiger partial charge in [-0.05, 0) is 48.2 Å². The number of nitrogens with one attached hydrogen (secondary N) is 1. The molecule has 0 bridgehead atoms. The van der Waals surface area contributed by atoms with Gasteiger partial charge < -0.3 is 19.4 Å². The highest BCUT2D eigenvalue weighted by molar-refractivity contribution is 7.08. The topological polar surface area (TPSA) is 88.5 Å². The molecular formula is C18H18N2O4S. The smallest absolute Gasteiger partial charge is 0.273 e. The van der Waals surface area contributed by atoms with Crippen LogP contribution in [0, 0.1) is 0 Å². The molecule has 0 saturated carbocycles. The van der Waals surface area contributed by atoms with Crippen molar-refractivity contribution in [2.45, 2.75) is 31.3 Å². The van der Waals surface area contributed by atoms with Gasteiger partial charge in [-0.15, -0.1) is 0 Å². The van der Waals surface area contributed by atoms with Crippen molar-refractivity contribution in [1.29, 1.82) is 0 Å². The van der Waals surface area contributed by atoms with Crippen LogP contribution in [-0.2, 0) is 18.4 Å². The molecule has 0 spiro atoms. The molecule has 2 N–H and O–H groups in total. The summed E-state index contributed by atoms with van der Waals surface area (Å²) in [6, 6.07) is 5.22. The van der Waals surface area contributed by atoms with E-state index < -0.39 is 5.60 Å². The van der Waals surface area contributed by atoms with Crippen molar-refractivity contribution >= 4 is 17.2 Å². The highest BCUT2D eigenvalue weighted by atomic mass is 32.1. The summed E-state index contributed by atoms with van der Waals surface area (Å²) in [4.78, 5) is 12.6. The van der Waals surface area contributed by atoms with Gasteiger partial charge in [0.2, 0.25) is 0 Å². The van der Waals surface area contributed by atoms with E-state index in [4.69, 9.17) is 8.94 Å².